The summed E-state index contributed by atoms with van der Waals surface area (Å²) in [6.07, 6.45) is 4.14. The predicted molar refractivity (Wildman–Crippen MR) is 74.9 cm³/mol. The zero-order valence-corrected chi connectivity index (χ0v) is 11.5. The van der Waals surface area contributed by atoms with Gasteiger partial charge in [-0.2, -0.15) is 0 Å². The van der Waals surface area contributed by atoms with Crippen LogP contribution in [0.4, 0.5) is 0 Å². The minimum absolute atomic E-state index is 0.182. The molecule has 104 valence electrons. The van der Waals surface area contributed by atoms with Gasteiger partial charge in [-0.3, -0.25) is 9.69 Å². The zero-order chi connectivity index (χ0) is 13.7. The molecule has 1 saturated heterocycles. The Bertz CT molecular complexity index is 431. The number of hydrogen-bond acceptors (Lipinski definition) is 3. The van der Waals surface area contributed by atoms with Crippen LogP contribution < -0.4 is 5.32 Å². The number of piperidine rings is 1. The van der Waals surface area contributed by atoms with E-state index in [1.54, 1.807) is 12.1 Å². The molecule has 2 rings (SSSR count). The summed E-state index contributed by atoms with van der Waals surface area (Å²) >= 11 is 0. The van der Waals surface area contributed by atoms with Crippen LogP contribution in [0.3, 0.4) is 0 Å². The first-order chi connectivity index (χ1) is 9.19. The Hall–Kier alpha value is -1.55. The van der Waals surface area contributed by atoms with Crippen LogP contribution in [0, 0.1) is 5.92 Å². The lowest BCUT2D eigenvalue weighted by Gasteiger charge is -2.29. The van der Waals surface area contributed by atoms with Crippen molar-refractivity contribution in [2.24, 2.45) is 5.92 Å². The number of rotatable bonds is 5. The molecule has 0 bridgehead atoms. The molecule has 0 atom stereocenters. The first-order valence-electron chi connectivity index (χ1n) is 6.89. The molecule has 0 aromatic carbocycles. The molecule has 1 fully saturated rings. The first-order valence-corrected chi connectivity index (χ1v) is 6.89. The van der Waals surface area contributed by atoms with E-state index in [1.165, 1.54) is 12.8 Å². The first kappa shape index (κ1) is 13.9. The third-order valence-corrected chi connectivity index (χ3v) is 3.55. The maximum absolute atomic E-state index is 11.7. The molecule has 0 spiro atoms. The van der Waals surface area contributed by atoms with Gasteiger partial charge >= 0.3 is 0 Å². The number of nitrogens with zero attached hydrogens (tertiary/aromatic N) is 1. The van der Waals surface area contributed by atoms with Gasteiger partial charge in [-0.25, -0.2) is 0 Å². The Morgan fingerprint density at radius 2 is 2.26 bits per heavy atom. The smallest absolute Gasteiger partial charge is 0.287 e. The molecule has 0 radical (unpaired) electrons. The number of furan rings is 1. The molecule has 0 saturated carbocycles. The summed E-state index contributed by atoms with van der Waals surface area (Å²) in [4.78, 5) is 14.1. The van der Waals surface area contributed by atoms with Crippen LogP contribution >= 0.6 is 0 Å². The molecule has 4 heteroatoms. The van der Waals surface area contributed by atoms with E-state index in [1.807, 2.05) is 6.07 Å². The van der Waals surface area contributed by atoms with E-state index in [-0.39, 0.29) is 5.91 Å². The van der Waals surface area contributed by atoms with Gasteiger partial charge in [0.1, 0.15) is 5.76 Å². The van der Waals surface area contributed by atoms with Crippen LogP contribution in [0.5, 0.6) is 0 Å². The average molecular weight is 262 g/mol. The van der Waals surface area contributed by atoms with Gasteiger partial charge in [-0.1, -0.05) is 13.0 Å². The largest absolute Gasteiger partial charge is 0.455 e. The molecule has 0 unspecified atom stereocenters. The van der Waals surface area contributed by atoms with Crippen LogP contribution in [-0.4, -0.2) is 30.4 Å². The van der Waals surface area contributed by atoms with Crippen molar-refractivity contribution >= 4 is 5.91 Å². The molecule has 2 heterocycles. The summed E-state index contributed by atoms with van der Waals surface area (Å²) in [7, 11) is 0. The van der Waals surface area contributed by atoms with Crippen molar-refractivity contribution in [3.63, 3.8) is 0 Å². The average Bonchev–Trinajstić information content (AvgIpc) is 2.87. The van der Waals surface area contributed by atoms with Crippen molar-refractivity contribution in [3.8, 4) is 0 Å². The fraction of sp³-hybridized carbons (Fsp3) is 0.533. The highest BCUT2D eigenvalue weighted by molar-refractivity contribution is 5.91. The summed E-state index contributed by atoms with van der Waals surface area (Å²) in [5, 5.41) is 2.71. The van der Waals surface area contributed by atoms with Gasteiger partial charge in [0.2, 0.25) is 0 Å². The monoisotopic (exact) mass is 262 g/mol. The number of likely N-dealkylation sites (tertiary alicyclic amines) is 1. The molecular formula is C15H22N2O2. The van der Waals surface area contributed by atoms with Crippen LogP contribution in [0.2, 0.25) is 0 Å². The van der Waals surface area contributed by atoms with Gasteiger partial charge in [0.25, 0.3) is 5.91 Å². The van der Waals surface area contributed by atoms with Gasteiger partial charge in [0.05, 0.1) is 6.54 Å². The van der Waals surface area contributed by atoms with Gasteiger partial charge in [-0.05, 0) is 44.0 Å². The minimum Gasteiger partial charge on any atom is -0.455 e. The van der Waals surface area contributed by atoms with E-state index < -0.39 is 0 Å². The van der Waals surface area contributed by atoms with Crippen molar-refractivity contribution in [3.05, 3.63) is 36.3 Å². The third-order valence-electron chi connectivity index (χ3n) is 3.55. The van der Waals surface area contributed by atoms with E-state index in [9.17, 15) is 4.79 Å². The Kier molecular flexibility index (Phi) is 4.80. The summed E-state index contributed by atoms with van der Waals surface area (Å²) in [6, 6.07) is 3.63. The Labute approximate surface area is 114 Å². The summed E-state index contributed by atoms with van der Waals surface area (Å²) in [5.41, 5.74) is 0. The van der Waals surface area contributed by atoms with E-state index in [0.29, 0.717) is 12.3 Å². The fourth-order valence-electron chi connectivity index (χ4n) is 2.28. The van der Waals surface area contributed by atoms with E-state index in [2.05, 4.69) is 23.7 Å². The SMILES string of the molecule is C=CCNC(=O)c1ccc(CN2CCC(C)CC2)o1. The number of nitrogens with one attached hydrogen (secondary N) is 1. The predicted octanol–water partition coefficient (Wildman–Crippen LogP) is 2.43. The number of carbonyl (C=O) groups excluding carboxylic acids is 1. The quantitative estimate of drug-likeness (QED) is 0.829. The second-order valence-electron chi connectivity index (χ2n) is 5.22. The van der Waals surface area contributed by atoms with Crippen LogP contribution in [-0.2, 0) is 6.54 Å². The Balaban J connectivity index is 1.86. The maximum atomic E-state index is 11.7. The highest BCUT2D eigenvalue weighted by Gasteiger charge is 2.17. The van der Waals surface area contributed by atoms with E-state index in [4.69, 9.17) is 4.42 Å². The Morgan fingerprint density at radius 3 is 2.95 bits per heavy atom. The normalized spacial score (nSPS) is 17.3. The molecule has 1 aliphatic heterocycles. The van der Waals surface area contributed by atoms with Gasteiger partial charge in [-0.15, -0.1) is 6.58 Å². The maximum Gasteiger partial charge on any atom is 0.287 e. The number of amides is 1. The molecule has 4 nitrogen and oxygen atoms in total. The molecule has 1 aliphatic rings. The van der Waals surface area contributed by atoms with Crippen LogP contribution in [0.15, 0.2) is 29.2 Å². The summed E-state index contributed by atoms with van der Waals surface area (Å²) < 4.78 is 5.58. The highest BCUT2D eigenvalue weighted by Crippen LogP contribution is 2.19. The van der Waals surface area contributed by atoms with E-state index >= 15 is 0 Å². The van der Waals surface area contributed by atoms with Crippen molar-refractivity contribution < 1.29 is 9.21 Å². The second kappa shape index (κ2) is 6.57. The lowest BCUT2D eigenvalue weighted by Crippen LogP contribution is -2.32. The van der Waals surface area contributed by atoms with E-state index in [0.717, 1.165) is 31.3 Å². The van der Waals surface area contributed by atoms with Crippen molar-refractivity contribution in [2.75, 3.05) is 19.6 Å². The van der Waals surface area contributed by atoms with Gasteiger partial charge < -0.3 is 9.73 Å². The Morgan fingerprint density at radius 1 is 1.53 bits per heavy atom. The summed E-state index contributed by atoms with van der Waals surface area (Å²) in [5.74, 6) is 1.88. The standard InChI is InChI=1S/C15H22N2O2/c1-3-8-16-15(18)14-5-4-13(19-14)11-17-9-6-12(2)7-10-17/h3-5,12H,1,6-11H2,2H3,(H,16,18). The number of hydrogen-bond donors (Lipinski definition) is 1. The second-order valence-corrected chi connectivity index (χ2v) is 5.22. The molecule has 1 aromatic rings. The lowest BCUT2D eigenvalue weighted by atomic mass is 9.99. The van der Waals surface area contributed by atoms with Crippen LogP contribution in [0.1, 0.15) is 36.1 Å². The van der Waals surface area contributed by atoms with Crippen molar-refractivity contribution in [1.82, 2.24) is 10.2 Å². The third kappa shape index (κ3) is 3.96. The molecular weight excluding hydrogens is 240 g/mol. The van der Waals surface area contributed by atoms with Crippen LogP contribution in [0.25, 0.3) is 0 Å². The topological polar surface area (TPSA) is 45.5 Å². The van der Waals surface area contributed by atoms with Gasteiger partial charge in [0, 0.05) is 6.54 Å². The molecule has 1 amide bonds. The number of carbonyl (C=O) groups is 1. The summed E-state index contributed by atoms with van der Waals surface area (Å²) in [6.45, 7) is 9.33. The molecule has 19 heavy (non-hydrogen) atoms. The lowest BCUT2D eigenvalue weighted by molar-refractivity contribution is 0.0925. The molecule has 1 aromatic heterocycles. The highest BCUT2D eigenvalue weighted by atomic mass is 16.4. The molecule has 0 aliphatic carbocycles. The van der Waals surface area contributed by atoms with Crippen molar-refractivity contribution in [1.29, 1.82) is 0 Å². The minimum atomic E-state index is -0.182. The fourth-order valence-corrected chi connectivity index (χ4v) is 2.28. The zero-order valence-electron chi connectivity index (χ0n) is 11.5. The molecule has 1 N–H and O–H groups in total. The van der Waals surface area contributed by atoms with Gasteiger partial charge in [0.15, 0.2) is 5.76 Å². The van der Waals surface area contributed by atoms with Crippen molar-refractivity contribution in [2.45, 2.75) is 26.3 Å².